The molecule has 0 fully saturated rings. The summed E-state index contributed by atoms with van der Waals surface area (Å²) in [5.74, 6) is 0. The number of rotatable bonds is 0. The molecular formula is H12CoIO6+. The molecule has 0 aromatic carbocycles. The standard InChI is InChI=1S/Co.HI.6H2O/h;1H;6*1H2/q+2;;;;;;;/p-1. The largest absolute Gasteiger partial charge is 2.00 e. The van der Waals surface area contributed by atoms with E-state index >= 15 is 0 Å². The SMILES string of the molecule is O.O.O.O.O.O.[Co+2].[I-]. The average molecular weight is 294 g/mol. The van der Waals surface area contributed by atoms with Gasteiger partial charge in [0.15, 0.2) is 0 Å². The first-order valence-electron chi connectivity index (χ1n) is 0. The van der Waals surface area contributed by atoms with Gasteiger partial charge in [-0.25, -0.2) is 0 Å². The predicted octanol–water partition coefficient (Wildman–Crippen LogP) is -7.95. The molecule has 8 heteroatoms. The fourth-order valence-electron chi connectivity index (χ4n) is 0. The van der Waals surface area contributed by atoms with Crippen molar-refractivity contribution in [1.82, 2.24) is 0 Å². The zero-order chi connectivity index (χ0) is 0. The second-order valence-corrected chi connectivity index (χ2v) is 0. The molecule has 6 nitrogen and oxygen atoms in total. The van der Waals surface area contributed by atoms with Crippen LogP contribution in [0.5, 0.6) is 0 Å². The Kier molecular flexibility index (Phi) is 28500. The molecule has 0 aromatic heterocycles. The van der Waals surface area contributed by atoms with Crippen LogP contribution < -0.4 is 24.0 Å². The van der Waals surface area contributed by atoms with Gasteiger partial charge in [-0.3, -0.25) is 0 Å². The third-order valence-corrected chi connectivity index (χ3v) is 0. The van der Waals surface area contributed by atoms with Gasteiger partial charge in [0.1, 0.15) is 0 Å². The van der Waals surface area contributed by atoms with E-state index in [4.69, 9.17) is 0 Å². The Labute approximate surface area is 73.7 Å². The molecule has 0 saturated heterocycles. The van der Waals surface area contributed by atoms with Gasteiger partial charge in [-0.2, -0.15) is 0 Å². The van der Waals surface area contributed by atoms with Gasteiger partial charge in [0, 0.05) is 0 Å². The molecule has 1 radical (unpaired) electrons. The van der Waals surface area contributed by atoms with Crippen molar-refractivity contribution < 1.29 is 73.6 Å². The Morgan fingerprint density at radius 2 is 0.375 bits per heavy atom. The van der Waals surface area contributed by atoms with Gasteiger partial charge >= 0.3 is 16.8 Å². The molecule has 0 amide bonds. The molecule has 0 aliphatic heterocycles. The summed E-state index contributed by atoms with van der Waals surface area (Å²) in [5, 5.41) is 0. The third kappa shape index (κ3) is 253. The molecule has 0 saturated carbocycles. The molecule has 8 heavy (non-hydrogen) atoms. The van der Waals surface area contributed by atoms with Crippen LogP contribution in [0.2, 0.25) is 0 Å². The van der Waals surface area contributed by atoms with Gasteiger partial charge in [-0.15, -0.1) is 0 Å². The van der Waals surface area contributed by atoms with Gasteiger partial charge in [-0.05, 0) is 0 Å². The first-order valence-corrected chi connectivity index (χ1v) is 0. The summed E-state index contributed by atoms with van der Waals surface area (Å²) in [6.07, 6.45) is 0. The van der Waals surface area contributed by atoms with E-state index in [1.54, 1.807) is 0 Å². The number of hydrogen-bond acceptors (Lipinski definition) is 0. The molecule has 0 bridgehead atoms. The number of halogens is 1. The summed E-state index contributed by atoms with van der Waals surface area (Å²) in [5.41, 5.74) is 0. The Bertz CT molecular complexity index is 8.49. The van der Waals surface area contributed by atoms with Crippen LogP contribution in [-0.4, -0.2) is 32.9 Å². The molecule has 0 spiro atoms. The minimum Gasteiger partial charge on any atom is -1.00 e. The second kappa shape index (κ2) is 394. The molecule has 0 aromatic rings. The maximum atomic E-state index is 0. The average Bonchev–Trinajstić information content (AvgIpc) is 0. The molecule has 0 aliphatic carbocycles. The van der Waals surface area contributed by atoms with Crippen molar-refractivity contribution in [3.63, 3.8) is 0 Å². The normalized spacial score (nSPS) is 0. The van der Waals surface area contributed by atoms with Crippen LogP contribution in [0.25, 0.3) is 0 Å². The second-order valence-electron chi connectivity index (χ2n) is 0. The zero-order valence-corrected chi connectivity index (χ0v) is 6.91. The van der Waals surface area contributed by atoms with Crippen LogP contribution >= 0.6 is 0 Å². The Morgan fingerprint density at radius 3 is 0.375 bits per heavy atom. The Morgan fingerprint density at radius 1 is 0.375 bits per heavy atom. The van der Waals surface area contributed by atoms with E-state index in [0.29, 0.717) is 0 Å². The maximum absolute atomic E-state index is 0. The number of hydrogen-bond donors (Lipinski definition) is 0. The quantitative estimate of drug-likeness (QED) is 0.384. The Balaban J connectivity index is 0. The molecular weight excluding hydrogens is 282 g/mol. The fraction of sp³-hybridized carbons (Fsp3) is 0. The van der Waals surface area contributed by atoms with Crippen molar-refractivity contribution >= 4 is 0 Å². The van der Waals surface area contributed by atoms with Gasteiger partial charge < -0.3 is 56.8 Å². The molecule has 0 heterocycles. The van der Waals surface area contributed by atoms with E-state index in [-0.39, 0.29) is 73.6 Å². The monoisotopic (exact) mass is 294 g/mol. The minimum absolute atomic E-state index is 0. The molecule has 0 atom stereocenters. The van der Waals surface area contributed by atoms with E-state index < -0.39 is 0 Å². The third-order valence-electron chi connectivity index (χ3n) is 0. The van der Waals surface area contributed by atoms with Crippen molar-refractivity contribution in [3.05, 3.63) is 0 Å². The van der Waals surface area contributed by atoms with Crippen molar-refractivity contribution in [2.45, 2.75) is 0 Å². The maximum Gasteiger partial charge on any atom is 2.00 e. The summed E-state index contributed by atoms with van der Waals surface area (Å²) in [7, 11) is 0. The van der Waals surface area contributed by atoms with E-state index in [2.05, 4.69) is 0 Å². The summed E-state index contributed by atoms with van der Waals surface area (Å²) in [6.45, 7) is 0. The molecule has 0 aliphatic rings. The first kappa shape index (κ1) is 579. The van der Waals surface area contributed by atoms with Gasteiger partial charge in [0.2, 0.25) is 0 Å². The van der Waals surface area contributed by atoms with Crippen LogP contribution in [0.1, 0.15) is 0 Å². The van der Waals surface area contributed by atoms with Crippen LogP contribution in [0.3, 0.4) is 0 Å². The topological polar surface area (TPSA) is 189 Å². The van der Waals surface area contributed by atoms with Crippen LogP contribution in [0.15, 0.2) is 0 Å². The molecule has 63 valence electrons. The molecule has 12 N–H and O–H groups in total. The van der Waals surface area contributed by atoms with Crippen LogP contribution in [0, 0.1) is 0 Å². The van der Waals surface area contributed by atoms with Crippen molar-refractivity contribution in [2.24, 2.45) is 0 Å². The summed E-state index contributed by atoms with van der Waals surface area (Å²) >= 11 is 0. The fourth-order valence-corrected chi connectivity index (χ4v) is 0. The minimum atomic E-state index is 0. The summed E-state index contributed by atoms with van der Waals surface area (Å²) in [6, 6.07) is 0. The predicted molar refractivity (Wildman–Crippen MR) is 21.7 cm³/mol. The van der Waals surface area contributed by atoms with Crippen LogP contribution in [0.4, 0.5) is 0 Å². The summed E-state index contributed by atoms with van der Waals surface area (Å²) in [4.78, 5) is 0. The first-order chi connectivity index (χ1) is 0. The zero-order valence-electron chi connectivity index (χ0n) is 3.71. The van der Waals surface area contributed by atoms with Gasteiger partial charge in [-0.1, -0.05) is 0 Å². The molecule has 0 unspecified atom stereocenters. The van der Waals surface area contributed by atoms with E-state index in [1.807, 2.05) is 0 Å². The smallest absolute Gasteiger partial charge is 1.00 e. The summed E-state index contributed by atoms with van der Waals surface area (Å²) < 4.78 is 0. The van der Waals surface area contributed by atoms with Crippen molar-refractivity contribution in [3.8, 4) is 0 Å². The van der Waals surface area contributed by atoms with E-state index in [0.717, 1.165) is 0 Å². The Hall–Kier alpha value is 0.996. The van der Waals surface area contributed by atoms with Crippen molar-refractivity contribution in [1.29, 1.82) is 0 Å². The van der Waals surface area contributed by atoms with E-state index in [9.17, 15) is 0 Å². The van der Waals surface area contributed by atoms with Gasteiger partial charge in [0.05, 0.1) is 0 Å². The van der Waals surface area contributed by atoms with E-state index in [1.165, 1.54) is 0 Å². The van der Waals surface area contributed by atoms with Gasteiger partial charge in [0.25, 0.3) is 0 Å². The van der Waals surface area contributed by atoms with Crippen LogP contribution in [-0.2, 0) is 16.8 Å². The molecule has 0 rings (SSSR count). The van der Waals surface area contributed by atoms with Crippen molar-refractivity contribution in [2.75, 3.05) is 0 Å².